The Hall–Kier alpha value is -1.63. The first kappa shape index (κ1) is 14.3. The fraction of sp³-hybridized carbons (Fsp3) is 0.643. The molecule has 7 heteroatoms. The van der Waals surface area contributed by atoms with Crippen molar-refractivity contribution in [3.63, 3.8) is 0 Å². The third kappa shape index (κ3) is 3.18. The Labute approximate surface area is 128 Å². The van der Waals surface area contributed by atoms with Gasteiger partial charge < -0.3 is 14.3 Å². The average Bonchev–Trinajstić information content (AvgIpc) is 3.06. The van der Waals surface area contributed by atoms with Crippen LogP contribution >= 0.6 is 11.3 Å². The molecular weight excluding hydrogens is 286 g/mol. The molecule has 21 heavy (non-hydrogen) atoms. The number of rotatable bonds is 2. The quantitative estimate of drug-likeness (QED) is 0.850. The van der Waals surface area contributed by atoms with E-state index in [9.17, 15) is 0 Å². The SMILES string of the molecule is CC(C)(C)c1nc(N2CCCN(c3nccs3)CC2)no1. The zero-order valence-electron chi connectivity index (χ0n) is 12.7. The van der Waals surface area contributed by atoms with Crippen molar-refractivity contribution in [3.8, 4) is 0 Å². The highest BCUT2D eigenvalue weighted by atomic mass is 32.1. The fourth-order valence-corrected chi connectivity index (χ4v) is 3.03. The van der Waals surface area contributed by atoms with Crippen molar-refractivity contribution in [1.82, 2.24) is 15.1 Å². The predicted molar refractivity (Wildman–Crippen MR) is 84.2 cm³/mol. The van der Waals surface area contributed by atoms with E-state index in [1.807, 2.05) is 11.6 Å². The van der Waals surface area contributed by atoms with Gasteiger partial charge in [-0.1, -0.05) is 20.8 Å². The molecule has 0 unspecified atom stereocenters. The molecule has 0 N–H and O–H groups in total. The molecular formula is C14H21N5OS. The maximum Gasteiger partial charge on any atom is 0.266 e. The molecule has 0 radical (unpaired) electrons. The summed E-state index contributed by atoms with van der Waals surface area (Å²) in [5, 5.41) is 7.26. The number of thiazole rings is 1. The lowest BCUT2D eigenvalue weighted by atomic mass is 9.97. The van der Waals surface area contributed by atoms with E-state index >= 15 is 0 Å². The molecule has 0 amide bonds. The summed E-state index contributed by atoms with van der Waals surface area (Å²) < 4.78 is 5.40. The van der Waals surface area contributed by atoms with E-state index in [0.717, 1.165) is 37.7 Å². The minimum atomic E-state index is -0.107. The highest BCUT2D eigenvalue weighted by Crippen LogP contribution is 2.24. The van der Waals surface area contributed by atoms with Gasteiger partial charge in [0.25, 0.3) is 5.95 Å². The van der Waals surface area contributed by atoms with E-state index in [1.54, 1.807) is 11.3 Å². The maximum absolute atomic E-state index is 5.40. The Kier molecular flexibility index (Phi) is 3.84. The van der Waals surface area contributed by atoms with Gasteiger partial charge in [-0.3, -0.25) is 0 Å². The predicted octanol–water partition coefficient (Wildman–Crippen LogP) is 2.54. The van der Waals surface area contributed by atoms with Gasteiger partial charge in [0.2, 0.25) is 5.89 Å². The van der Waals surface area contributed by atoms with Crippen molar-refractivity contribution in [2.75, 3.05) is 36.0 Å². The van der Waals surface area contributed by atoms with E-state index in [-0.39, 0.29) is 5.41 Å². The normalized spacial score (nSPS) is 17.1. The zero-order valence-corrected chi connectivity index (χ0v) is 13.6. The monoisotopic (exact) mass is 307 g/mol. The Bertz CT molecular complexity index is 574. The second-order valence-corrected chi connectivity index (χ2v) is 7.16. The minimum Gasteiger partial charge on any atom is -0.346 e. The van der Waals surface area contributed by atoms with Gasteiger partial charge in [-0.15, -0.1) is 11.3 Å². The Balaban J connectivity index is 1.69. The first-order chi connectivity index (χ1) is 10.0. The van der Waals surface area contributed by atoms with Crippen LogP contribution in [0.5, 0.6) is 0 Å². The number of anilines is 2. The van der Waals surface area contributed by atoms with Crippen LogP contribution in [0.15, 0.2) is 16.1 Å². The number of hydrogen-bond donors (Lipinski definition) is 0. The molecule has 0 atom stereocenters. The summed E-state index contributed by atoms with van der Waals surface area (Å²) in [6.45, 7) is 10.0. The smallest absolute Gasteiger partial charge is 0.266 e. The standard InChI is InChI=1S/C14H21N5OS/c1-14(2,3)11-16-12(17-20-11)18-6-4-7-19(9-8-18)13-15-5-10-21-13/h5,10H,4,6-9H2,1-3H3. The van der Waals surface area contributed by atoms with Crippen molar-refractivity contribution < 1.29 is 4.52 Å². The summed E-state index contributed by atoms with van der Waals surface area (Å²) in [5.41, 5.74) is -0.107. The van der Waals surface area contributed by atoms with Gasteiger partial charge >= 0.3 is 0 Å². The number of aromatic nitrogens is 3. The third-order valence-electron chi connectivity index (χ3n) is 3.53. The highest BCUT2D eigenvalue weighted by Gasteiger charge is 2.25. The molecule has 0 aromatic carbocycles. The van der Waals surface area contributed by atoms with E-state index < -0.39 is 0 Å². The van der Waals surface area contributed by atoms with Crippen LogP contribution in [0.1, 0.15) is 33.1 Å². The molecule has 3 rings (SSSR count). The lowest BCUT2D eigenvalue weighted by Gasteiger charge is -2.20. The van der Waals surface area contributed by atoms with Crippen molar-refractivity contribution >= 4 is 22.4 Å². The van der Waals surface area contributed by atoms with E-state index in [1.165, 1.54) is 0 Å². The number of nitrogens with zero attached hydrogens (tertiary/aromatic N) is 5. The molecule has 6 nitrogen and oxygen atoms in total. The van der Waals surface area contributed by atoms with Crippen molar-refractivity contribution in [2.45, 2.75) is 32.6 Å². The van der Waals surface area contributed by atoms with Crippen LogP contribution < -0.4 is 9.80 Å². The zero-order chi connectivity index (χ0) is 14.9. The van der Waals surface area contributed by atoms with Crippen molar-refractivity contribution in [2.24, 2.45) is 0 Å². The molecule has 114 valence electrons. The second-order valence-electron chi connectivity index (χ2n) is 6.29. The molecule has 3 heterocycles. The highest BCUT2D eigenvalue weighted by molar-refractivity contribution is 7.13. The Morgan fingerprint density at radius 2 is 1.90 bits per heavy atom. The second kappa shape index (κ2) is 5.63. The molecule has 1 fully saturated rings. The van der Waals surface area contributed by atoms with Crippen LogP contribution in [0.4, 0.5) is 11.1 Å². The largest absolute Gasteiger partial charge is 0.346 e. The first-order valence-electron chi connectivity index (χ1n) is 7.27. The third-order valence-corrected chi connectivity index (χ3v) is 4.36. The summed E-state index contributed by atoms with van der Waals surface area (Å²) in [4.78, 5) is 13.5. The topological polar surface area (TPSA) is 58.3 Å². The first-order valence-corrected chi connectivity index (χ1v) is 8.15. The van der Waals surface area contributed by atoms with Gasteiger partial charge in [0, 0.05) is 43.2 Å². The van der Waals surface area contributed by atoms with Crippen LogP contribution in [0.25, 0.3) is 0 Å². The van der Waals surface area contributed by atoms with Gasteiger partial charge in [0.1, 0.15) is 0 Å². The van der Waals surface area contributed by atoms with Crippen molar-refractivity contribution in [1.29, 1.82) is 0 Å². The molecule has 2 aromatic rings. The maximum atomic E-state index is 5.40. The molecule has 0 spiro atoms. The van der Waals surface area contributed by atoms with Crippen LogP contribution in [0.3, 0.4) is 0 Å². The summed E-state index contributed by atoms with van der Waals surface area (Å²) >= 11 is 1.69. The van der Waals surface area contributed by atoms with Crippen LogP contribution in [0.2, 0.25) is 0 Å². The molecule has 0 aliphatic carbocycles. The van der Waals surface area contributed by atoms with E-state index in [0.29, 0.717) is 11.8 Å². The summed E-state index contributed by atoms with van der Waals surface area (Å²) in [5.74, 6) is 1.40. The Morgan fingerprint density at radius 1 is 1.14 bits per heavy atom. The fourth-order valence-electron chi connectivity index (χ4n) is 2.33. The van der Waals surface area contributed by atoms with Gasteiger partial charge in [-0.25, -0.2) is 4.98 Å². The lowest BCUT2D eigenvalue weighted by Crippen LogP contribution is -2.31. The molecule has 2 aromatic heterocycles. The lowest BCUT2D eigenvalue weighted by molar-refractivity contribution is 0.320. The molecule has 0 bridgehead atoms. The van der Waals surface area contributed by atoms with Crippen molar-refractivity contribution in [3.05, 3.63) is 17.5 Å². The van der Waals surface area contributed by atoms with Crippen LogP contribution in [0, 0.1) is 0 Å². The van der Waals surface area contributed by atoms with Crippen LogP contribution in [-0.2, 0) is 5.41 Å². The molecule has 1 aliphatic rings. The van der Waals surface area contributed by atoms with Crippen LogP contribution in [-0.4, -0.2) is 41.3 Å². The number of hydrogen-bond acceptors (Lipinski definition) is 7. The van der Waals surface area contributed by atoms with Gasteiger partial charge in [0.05, 0.1) is 0 Å². The van der Waals surface area contributed by atoms with Gasteiger partial charge in [-0.2, -0.15) is 4.98 Å². The molecule has 0 saturated carbocycles. The van der Waals surface area contributed by atoms with E-state index in [2.05, 4.69) is 45.7 Å². The minimum absolute atomic E-state index is 0.107. The summed E-state index contributed by atoms with van der Waals surface area (Å²) in [6.07, 6.45) is 2.93. The Morgan fingerprint density at radius 3 is 2.57 bits per heavy atom. The van der Waals surface area contributed by atoms with Gasteiger partial charge in [0.15, 0.2) is 5.13 Å². The molecule has 1 aliphatic heterocycles. The average molecular weight is 307 g/mol. The van der Waals surface area contributed by atoms with Gasteiger partial charge in [-0.05, 0) is 11.6 Å². The summed E-state index contributed by atoms with van der Waals surface area (Å²) in [7, 11) is 0. The van der Waals surface area contributed by atoms with E-state index in [4.69, 9.17) is 4.52 Å². The molecule has 1 saturated heterocycles. The summed E-state index contributed by atoms with van der Waals surface area (Å²) in [6, 6.07) is 0.